The lowest BCUT2D eigenvalue weighted by atomic mass is 10.4. The molecule has 0 aliphatic heterocycles. The van der Waals surface area contributed by atoms with Crippen molar-refractivity contribution in [3.8, 4) is 0 Å². The highest BCUT2D eigenvalue weighted by atomic mass is 32.1. The second kappa shape index (κ2) is 4.71. The summed E-state index contributed by atoms with van der Waals surface area (Å²) in [7, 11) is 0. The average Bonchev–Trinajstić information content (AvgIpc) is 2.89. The predicted octanol–water partition coefficient (Wildman–Crippen LogP) is 1.81. The van der Waals surface area contributed by atoms with Gasteiger partial charge in [0.1, 0.15) is 5.76 Å². The van der Waals surface area contributed by atoms with Crippen molar-refractivity contribution in [3.63, 3.8) is 0 Å². The topological polar surface area (TPSA) is 67.5 Å². The summed E-state index contributed by atoms with van der Waals surface area (Å²) in [6.45, 7) is 1.72. The van der Waals surface area contributed by atoms with Gasteiger partial charge in [-0.05, 0) is 18.4 Å². The number of carbonyl (C=O) groups is 1. The molecule has 0 spiro atoms. The summed E-state index contributed by atoms with van der Waals surface area (Å²) in [5.41, 5.74) is 2.59. The number of hydrogen-bond donors (Lipinski definition) is 1. The number of amides is 1. The van der Waals surface area contributed by atoms with Crippen molar-refractivity contribution < 1.29 is 9.32 Å². The zero-order valence-electron chi connectivity index (χ0n) is 8.51. The van der Waals surface area contributed by atoms with Gasteiger partial charge in [0.15, 0.2) is 5.69 Å². The summed E-state index contributed by atoms with van der Waals surface area (Å²) in [6, 6.07) is 5.37. The molecule has 0 aliphatic rings. The standard InChI is InChI=1S/C10H9N3O2S/c1-7-5-9(13-15-7)10(14)12-11-6-8-3-2-4-16-8/h2-6H,1H3,(H,12,14)/b11-6-. The van der Waals surface area contributed by atoms with Gasteiger partial charge in [-0.3, -0.25) is 4.79 Å². The normalized spacial score (nSPS) is 10.8. The molecule has 0 atom stereocenters. The van der Waals surface area contributed by atoms with Crippen LogP contribution >= 0.6 is 11.3 Å². The second-order valence-electron chi connectivity index (χ2n) is 3.04. The molecule has 0 bridgehead atoms. The van der Waals surface area contributed by atoms with Gasteiger partial charge in [0.25, 0.3) is 5.91 Å². The van der Waals surface area contributed by atoms with Crippen molar-refractivity contribution in [1.82, 2.24) is 10.6 Å². The summed E-state index contributed by atoms with van der Waals surface area (Å²) in [6.07, 6.45) is 1.58. The van der Waals surface area contributed by atoms with Gasteiger partial charge in [-0.2, -0.15) is 5.10 Å². The molecule has 0 unspecified atom stereocenters. The first-order valence-electron chi connectivity index (χ1n) is 4.56. The molecule has 0 saturated carbocycles. The van der Waals surface area contributed by atoms with Crippen LogP contribution in [0.3, 0.4) is 0 Å². The first-order chi connectivity index (χ1) is 7.75. The lowest BCUT2D eigenvalue weighted by Gasteiger charge is -1.92. The predicted molar refractivity (Wildman–Crippen MR) is 60.6 cm³/mol. The number of carbonyl (C=O) groups excluding carboxylic acids is 1. The number of rotatable bonds is 3. The molecular formula is C10H9N3O2S. The van der Waals surface area contributed by atoms with Crippen LogP contribution in [0.2, 0.25) is 0 Å². The zero-order valence-corrected chi connectivity index (χ0v) is 9.32. The molecule has 0 radical (unpaired) electrons. The quantitative estimate of drug-likeness (QED) is 0.651. The van der Waals surface area contributed by atoms with Crippen LogP contribution < -0.4 is 5.43 Å². The molecule has 82 valence electrons. The van der Waals surface area contributed by atoms with Crippen molar-refractivity contribution >= 4 is 23.5 Å². The third-order valence-electron chi connectivity index (χ3n) is 1.76. The van der Waals surface area contributed by atoms with E-state index in [-0.39, 0.29) is 11.6 Å². The van der Waals surface area contributed by atoms with E-state index in [1.807, 2.05) is 17.5 Å². The van der Waals surface area contributed by atoms with Gasteiger partial charge in [0.05, 0.1) is 6.21 Å². The van der Waals surface area contributed by atoms with Crippen molar-refractivity contribution in [3.05, 3.63) is 39.9 Å². The number of thiophene rings is 1. The van der Waals surface area contributed by atoms with Crippen LogP contribution in [-0.4, -0.2) is 17.3 Å². The summed E-state index contributed by atoms with van der Waals surface area (Å²) in [5, 5.41) is 9.31. The minimum Gasteiger partial charge on any atom is -0.361 e. The first-order valence-corrected chi connectivity index (χ1v) is 5.44. The zero-order chi connectivity index (χ0) is 11.4. The van der Waals surface area contributed by atoms with Crippen molar-refractivity contribution in [2.45, 2.75) is 6.92 Å². The summed E-state index contributed by atoms with van der Waals surface area (Å²) < 4.78 is 4.78. The van der Waals surface area contributed by atoms with Gasteiger partial charge in [-0.1, -0.05) is 11.2 Å². The lowest BCUT2D eigenvalue weighted by Crippen LogP contribution is -2.17. The van der Waals surface area contributed by atoms with E-state index in [1.54, 1.807) is 19.2 Å². The van der Waals surface area contributed by atoms with Crippen LogP contribution in [0.15, 0.2) is 33.2 Å². The molecule has 5 nitrogen and oxygen atoms in total. The SMILES string of the molecule is Cc1cc(C(=O)N/N=C\c2cccs2)no1. The van der Waals surface area contributed by atoms with E-state index in [1.165, 1.54) is 11.3 Å². The van der Waals surface area contributed by atoms with Gasteiger partial charge in [0.2, 0.25) is 0 Å². The number of hydrazone groups is 1. The molecule has 1 N–H and O–H groups in total. The van der Waals surface area contributed by atoms with Crippen LogP contribution in [0.5, 0.6) is 0 Å². The maximum Gasteiger partial charge on any atom is 0.293 e. The highest BCUT2D eigenvalue weighted by Crippen LogP contribution is 2.04. The summed E-state index contributed by atoms with van der Waals surface area (Å²) in [4.78, 5) is 12.4. The Morgan fingerprint density at radius 2 is 2.56 bits per heavy atom. The van der Waals surface area contributed by atoms with Gasteiger partial charge in [0, 0.05) is 10.9 Å². The van der Waals surface area contributed by atoms with Gasteiger partial charge in [-0.25, -0.2) is 5.43 Å². The minimum atomic E-state index is -0.385. The number of nitrogens with zero attached hydrogens (tertiary/aromatic N) is 2. The van der Waals surface area contributed by atoms with E-state index in [0.717, 1.165) is 4.88 Å². The van der Waals surface area contributed by atoms with Gasteiger partial charge < -0.3 is 4.52 Å². The Kier molecular flexibility index (Phi) is 3.11. The number of aromatic nitrogens is 1. The number of aryl methyl sites for hydroxylation is 1. The number of nitrogens with one attached hydrogen (secondary N) is 1. The van der Waals surface area contributed by atoms with E-state index in [4.69, 9.17) is 4.52 Å². The van der Waals surface area contributed by atoms with Crippen LogP contribution in [0.4, 0.5) is 0 Å². The highest BCUT2D eigenvalue weighted by Gasteiger charge is 2.08. The molecular weight excluding hydrogens is 226 g/mol. The van der Waals surface area contributed by atoms with Crippen LogP contribution in [0, 0.1) is 6.92 Å². The van der Waals surface area contributed by atoms with E-state index in [9.17, 15) is 4.79 Å². The third kappa shape index (κ3) is 2.54. The molecule has 2 aromatic heterocycles. The Labute approximate surface area is 95.8 Å². The third-order valence-corrected chi connectivity index (χ3v) is 2.57. The molecule has 0 aliphatic carbocycles. The molecule has 2 heterocycles. The fraction of sp³-hybridized carbons (Fsp3) is 0.100. The Morgan fingerprint density at radius 1 is 1.69 bits per heavy atom. The largest absolute Gasteiger partial charge is 0.361 e. The van der Waals surface area contributed by atoms with Crippen molar-refractivity contribution in [2.75, 3.05) is 0 Å². The van der Waals surface area contributed by atoms with Crippen LogP contribution in [0.25, 0.3) is 0 Å². The minimum absolute atomic E-state index is 0.223. The maximum atomic E-state index is 11.4. The summed E-state index contributed by atoms with van der Waals surface area (Å²) in [5.74, 6) is 0.206. The molecule has 6 heteroatoms. The monoisotopic (exact) mass is 235 g/mol. The Morgan fingerprint density at radius 3 is 3.19 bits per heavy atom. The fourth-order valence-corrected chi connectivity index (χ4v) is 1.63. The van der Waals surface area contributed by atoms with E-state index >= 15 is 0 Å². The fourth-order valence-electron chi connectivity index (χ4n) is 1.05. The second-order valence-corrected chi connectivity index (χ2v) is 4.02. The van der Waals surface area contributed by atoms with E-state index < -0.39 is 0 Å². The van der Waals surface area contributed by atoms with Gasteiger partial charge in [-0.15, -0.1) is 11.3 Å². The highest BCUT2D eigenvalue weighted by molar-refractivity contribution is 7.11. The molecule has 2 rings (SSSR count). The molecule has 1 amide bonds. The average molecular weight is 235 g/mol. The molecule has 0 fully saturated rings. The number of hydrogen-bond acceptors (Lipinski definition) is 5. The van der Waals surface area contributed by atoms with Crippen LogP contribution in [-0.2, 0) is 0 Å². The van der Waals surface area contributed by atoms with Crippen LogP contribution in [0.1, 0.15) is 21.1 Å². The molecule has 0 aromatic carbocycles. The molecule has 2 aromatic rings. The first kappa shape index (κ1) is 10.6. The van der Waals surface area contributed by atoms with E-state index in [2.05, 4.69) is 15.7 Å². The maximum absolute atomic E-state index is 11.4. The van der Waals surface area contributed by atoms with Crippen molar-refractivity contribution in [1.29, 1.82) is 0 Å². The van der Waals surface area contributed by atoms with E-state index in [0.29, 0.717) is 5.76 Å². The van der Waals surface area contributed by atoms with Crippen molar-refractivity contribution in [2.24, 2.45) is 5.10 Å². The Balaban J connectivity index is 1.94. The van der Waals surface area contributed by atoms with Gasteiger partial charge >= 0.3 is 0 Å². The molecule has 0 saturated heterocycles. The lowest BCUT2D eigenvalue weighted by molar-refractivity contribution is 0.0946. The Bertz CT molecular complexity index is 502. The molecule has 16 heavy (non-hydrogen) atoms. The Hall–Kier alpha value is -1.95. The summed E-state index contributed by atoms with van der Waals surface area (Å²) >= 11 is 1.54. The smallest absolute Gasteiger partial charge is 0.293 e.